The Morgan fingerprint density at radius 1 is 0.865 bits per heavy atom. The highest BCUT2D eigenvalue weighted by Crippen LogP contribution is 2.37. The van der Waals surface area contributed by atoms with E-state index in [0.717, 1.165) is 24.0 Å². The molecule has 1 unspecified atom stereocenters. The van der Waals surface area contributed by atoms with Crippen LogP contribution >= 0.6 is 22.9 Å². The van der Waals surface area contributed by atoms with Crippen molar-refractivity contribution in [1.82, 2.24) is 19.9 Å². The van der Waals surface area contributed by atoms with E-state index in [4.69, 9.17) is 16.3 Å². The van der Waals surface area contributed by atoms with Gasteiger partial charge in [0.1, 0.15) is 28.4 Å². The summed E-state index contributed by atoms with van der Waals surface area (Å²) in [4.78, 5) is 98.7. The van der Waals surface area contributed by atoms with Crippen molar-refractivity contribution in [3.05, 3.63) is 116 Å². The number of esters is 1. The number of nitrogens with one attached hydrogen (secondary N) is 3. The van der Waals surface area contributed by atoms with E-state index in [-0.39, 0.29) is 43.8 Å². The molecule has 5 N–H and O–H groups in total. The van der Waals surface area contributed by atoms with Crippen LogP contribution in [-0.4, -0.2) is 91.5 Å². The number of amides is 3. The van der Waals surface area contributed by atoms with Crippen LogP contribution in [0.3, 0.4) is 0 Å². The number of carbonyl (C=O) groups excluding carboxylic acids is 6. The van der Waals surface area contributed by atoms with E-state index >= 15 is 0 Å². The van der Waals surface area contributed by atoms with Crippen LogP contribution in [0.5, 0.6) is 0 Å². The Balaban J connectivity index is 0.943. The molecule has 0 spiro atoms. The van der Waals surface area contributed by atoms with E-state index in [9.17, 15) is 39.0 Å². The van der Waals surface area contributed by atoms with E-state index < -0.39 is 40.9 Å². The molecule has 3 amide bonds. The molecule has 0 bridgehead atoms. The van der Waals surface area contributed by atoms with Gasteiger partial charge in [-0.2, -0.15) is 0 Å². The summed E-state index contributed by atoms with van der Waals surface area (Å²) < 4.78 is 6.29. The van der Waals surface area contributed by atoms with Crippen LogP contribution in [-0.2, 0) is 48.3 Å². The maximum atomic E-state index is 14.1. The number of para-hydroxylation sites is 1. The molecule has 392 valence electrons. The lowest BCUT2D eigenvalue weighted by atomic mass is 9.72. The van der Waals surface area contributed by atoms with Crippen LogP contribution in [0.2, 0.25) is 5.02 Å². The number of aryl methyl sites for hydroxylation is 3. The molecule has 17 nitrogen and oxygen atoms in total. The molecule has 3 heterocycles. The minimum atomic E-state index is -0.846. The number of Topliss-reactive ketones (excluding diaryl/α,β-unsaturated/α-hetero) is 2. The number of ether oxygens (including phenoxy) is 1. The largest absolute Gasteiger partial charge is 0.457 e. The van der Waals surface area contributed by atoms with Gasteiger partial charge in [0.2, 0.25) is 23.4 Å². The highest BCUT2D eigenvalue weighted by Gasteiger charge is 2.43. The minimum Gasteiger partial charge on any atom is -0.457 e. The lowest BCUT2D eigenvalue weighted by Gasteiger charge is -2.35. The average Bonchev–Trinajstić information content (AvgIpc) is 3.88. The van der Waals surface area contributed by atoms with E-state index in [1.807, 2.05) is 38.1 Å². The number of ketones is 2. The second-order valence-electron chi connectivity index (χ2n) is 19.6. The number of aliphatic hydroxyl groups excluding tert-OH is 2. The molecular weight excluding hydrogens is 984 g/mol. The third-order valence-electron chi connectivity index (χ3n) is 14.0. The van der Waals surface area contributed by atoms with Gasteiger partial charge in [-0.15, -0.1) is 0 Å². The Morgan fingerprint density at radius 2 is 1.59 bits per heavy atom. The standard InChI is InChI=1S/C55H65ClN8O9S/c1-6-55(4,5)51(70)50(69)40-14-7-8-15-41(40)53(72)73-43(20-18-35-17-19-37(31-65)38(27-35)32-66)36-12-10-13-39(28-36)60-47(67)21-22-48(68)64-25-23-63(24-26-64)46-29-45(58-34(3)59-46)61-54-57-30-44(74-54)52(71)62-49-33(2)11-9-16-42(49)56/h9-13,16-17,19,27-30,40-41,43,65-66H,6-8,14-15,18,20-26,31-32H2,1-5H3,(H,60,67)(H,62,71)(H,57,58,59,61)/t40?,41-,43-/m1/s1. The second kappa shape index (κ2) is 25.1. The predicted octanol–water partition coefficient (Wildman–Crippen LogP) is 8.85. The first-order chi connectivity index (χ1) is 35.5. The SMILES string of the molecule is CCC(C)(C)C(=O)C(=O)C1CCCC[C@H]1C(=O)O[C@H](CCc1ccc(CO)c(CO)c1)c1cccc(NC(=O)CCC(=O)N2CCN(c3cc(Nc4ncc(C(=O)Nc5c(C)cccc5Cl)s4)nc(C)n3)CC2)c1. The average molecular weight is 1050 g/mol. The maximum absolute atomic E-state index is 14.1. The number of anilines is 5. The topological polar surface area (TPSA) is 233 Å². The monoisotopic (exact) mass is 1050 g/mol. The van der Waals surface area contributed by atoms with Gasteiger partial charge in [-0.3, -0.25) is 28.8 Å². The van der Waals surface area contributed by atoms with Gasteiger partial charge in [0.15, 0.2) is 5.13 Å². The Hall–Kier alpha value is -6.60. The van der Waals surface area contributed by atoms with Crippen molar-refractivity contribution in [3.63, 3.8) is 0 Å². The van der Waals surface area contributed by atoms with E-state index in [0.29, 0.717) is 119 Å². The molecular formula is C55H65ClN8O9S. The zero-order valence-electron chi connectivity index (χ0n) is 42.5. The molecule has 5 aromatic rings. The van der Waals surface area contributed by atoms with Gasteiger partial charge in [-0.1, -0.05) is 99.0 Å². The van der Waals surface area contributed by atoms with Gasteiger partial charge in [0, 0.05) is 62.1 Å². The highest BCUT2D eigenvalue weighted by molar-refractivity contribution is 7.17. The Kier molecular flexibility index (Phi) is 18.7. The molecule has 1 saturated carbocycles. The number of thiazole rings is 1. The van der Waals surface area contributed by atoms with Crippen LogP contribution < -0.4 is 20.9 Å². The molecule has 7 rings (SSSR count). The molecule has 19 heteroatoms. The summed E-state index contributed by atoms with van der Waals surface area (Å²) in [6.07, 6.45) is 4.12. The fourth-order valence-corrected chi connectivity index (χ4v) is 10.2. The molecule has 2 aromatic heterocycles. The molecule has 1 aliphatic heterocycles. The van der Waals surface area contributed by atoms with Gasteiger partial charge in [-0.25, -0.2) is 15.0 Å². The first kappa shape index (κ1) is 55.2. The molecule has 74 heavy (non-hydrogen) atoms. The summed E-state index contributed by atoms with van der Waals surface area (Å²) in [6, 6.07) is 19.6. The number of hydrogen-bond donors (Lipinski definition) is 5. The van der Waals surface area contributed by atoms with Crippen LogP contribution in [0.15, 0.2) is 72.9 Å². The van der Waals surface area contributed by atoms with Crippen molar-refractivity contribution in [2.45, 2.75) is 112 Å². The van der Waals surface area contributed by atoms with E-state index in [1.165, 1.54) is 17.5 Å². The van der Waals surface area contributed by atoms with Gasteiger partial charge in [0.05, 0.1) is 36.0 Å². The summed E-state index contributed by atoms with van der Waals surface area (Å²) in [5, 5.41) is 29.6. The minimum absolute atomic E-state index is 0.0115. The van der Waals surface area contributed by atoms with Crippen molar-refractivity contribution in [1.29, 1.82) is 0 Å². The Morgan fingerprint density at radius 3 is 2.31 bits per heavy atom. The predicted molar refractivity (Wildman–Crippen MR) is 284 cm³/mol. The van der Waals surface area contributed by atoms with Gasteiger partial charge < -0.3 is 40.7 Å². The Labute approximate surface area is 440 Å². The van der Waals surface area contributed by atoms with Crippen LogP contribution in [0.4, 0.5) is 28.1 Å². The lowest BCUT2D eigenvalue weighted by Crippen LogP contribution is -2.49. The zero-order chi connectivity index (χ0) is 53.1. The number of nitrogens with zero attached hydrogens (tertiary/aromatic N) is 5. The molecule has 3 atom stereocenters. The maximum Gasteiger partial charge on any atom is 0.310 e. The molecule has 1 aliphatic carbocycles. The van der Waals surface area contributed by atoms with Crippen LogP contribution in [0.25, 0.3) is 0 Å². The smallest absolute Gasteiger partial charge is 0.310 e. The highest BCUT2D eigenvalue weighted by atomic mass is 35.5. The first-order valence-corrected chi connectivity index (χ1v) is 26.3. The van der Waals surface area contributed by atoms with Gasteiger partial charge >= 0.3 is 5.97 Å². The number of aromatic nitrogens is 3. The number of piperazine rings is 1. The second-order valence-corrected chi connectivity index (χ2v) is 21.0. The van der Waals surface area contributed by atoms with Crippen LogP contribution in [0, 0.1) is 31.1 Å². The first-order valence-electron chi connectivity index (χ1n) is 25.2. The summed E-state index contributed by atoms with van der Waals surface area (Å²) in [5.41, 5.74) is 3.63. The number of hydrogen-bond acceptors (Lipinski definition) is 15. The molecule has 1 saturated heterocycles. The quantitative estimate of drug-likeness (QED) is 0.0341. The number of carbonyl (C=O) groups is 6. The number of halogens is 1. The fraction of sp³-hybridized carbons (Fsp3) is 0.436. The fourth-order valence-electron chi connectivity index (χ4n) is 9.24. The van der Waals surface area contributed by atoms with Crippen molar-refractivity contribution in [2.24, 2.45) is 17.3 Å². The normalized spacial score (nSPS) is 16.3. The summed E-state index contributed by atoms with van der Waals surface area (Å²) in [7, 11) is 0. The van der Waals surface area contributed by atoms with Crippen molar-refractivity contribution >= 4 is 86.3 Å². The van der Waals surface area contributed by atoms with Gasteiger partial charge in [-0.05, 0) is 92.0 Å². The third-order valence-corrected chi connectivity index (χ3v) is 15.2. The summed E-state index contributed by atoms with van der Waals surface area (Å²) in [5.74, 6) is -2.30. The third kappa shape index (κ3) is 14.0. The van der Waals surface area contributed by atoms with Crippen molar-refractivity contribution in [2.75, 3.05) is 47.0 Å². The van der Waals surface area contributed by atoms with Crippen molar-refractivity contribution < 1.29 is 43.7 Å². The molecule has 2 aliphatic rings. The number of rotatable bonds is 21. The van der Waals surface area contributed by atoms with Crippen LogP contribution in [0.1, 0.15) is 122 Å². The lowest BCUT2D eigenvalue weighted by molar-refractivity contribution is -0.161. The van der Waals surface area contributed by atoms with Gasteiger partial charge in [0.25, 0.3) is 5.91 Å². The summed E-state index contributed by atoms with van der Waals surface area (Å²) in [6.45, 7) is 10.4. The van der Waals surface area contributed by atoms with E-state index in [2.05, 4.69) is 35.8 Å². The molecule has 0 radical (unpaired) electrons. The summed E-state index contributed by atoms with van der Waals surface area (Å²) >= 11 is 7.48. The van der Waals surface area contributed by atoms with E-state index in [1.54, 1.807) is 68.1 Å². The zero-order valence-corrected chi connectivity index (χ0v) is 44.1. The molecule has 2 fully saturated rings. The molecule has 3 aromatic carbocycles. The number of aliphatic hydroxyl groups is 2. The van der Waals surface area contributed by atoms with Crippen molar-refractivity contribution in [3.8, 4) is 0 Å². The number of benzene rings is 3. The Bertz CT molecular complexity index is 2850.